The summed E-state index contributed by atoms with van der Waals surface area (Å²) >= 11 is 0. The van der Waals surface area contributed by atoms with Crippen molar-refractivity contribution in [3.8, 4) is 11.8 Å². The lowest BCUT2D eigenvalue weighted by molar-refractivity contribution is 0.244. The average Bonchev–Trinajstić information content (AvgIpc) is 2.63. The van der Waals surface area contributed by atoms with Crippen molar-refractivity contribution in [2.75, 3.05) is 10.6 Å². The smallest absolute Gasteiger partial charge is 0.143 e. The molecule has 0 saturated heterocycles. The fourth-order valence-electron chi connectivity index (χ4n) is 2.59. The Kier molecular flexibility index (Phi) is 5.53. The molecule has 0 aliphatic carbocycles. The molecule has 3 aromatic rings. The van der Waals surface area contributed by atoms with Crippen LogP contribution in [-0.2, 0) is 0 Å². The first-order valence-electron chi connectivity index (χ1n) is 8.69. The number of aromatic nitrogens is 2. The number of aryl methyl sites for hydroxylation is 1. The predicted octanol–water partition coefficient (Wildman–Crippen LogP) is 4.93. The SMILES string of the molecule is Cc1nc(Nc2ccccc2C#N)cc(Nc2ccccc2OC(C)C)n1. The van der Waals surface area contributed by atoms with E-state index in [4.69, 9.17) is 4.74 Å². The van der Waals surface area contributed by atoms with Crippen molar-refractivity contribution < 1.29 is 4.74 Å². The fraction of sp³-hybridized carbons (Fsp3) is 0.190. The number of hydrogen-bond acceptors (Lipinski definition) is 6. The van der Waals surface area contributed by atoms with Gasteiger partial charge in [-0.1, -0.05) is 24.3 Å². The van der Waals surface area contributed by atoms with Gasteiger partial charge in [0, 0.05) is 6.07 Å². The normalized spacial score (nSPS) is 10.3. The van der Waals surface area contributed by atoms with Gasteiger partial charge in [0.05, 0.1) is 23.0 Å². The number of nitriles is 1. The summed E-state index contributed by atoms with van der Waals surface area (Å²) in [6, 6.07) is 19.0. The summed E-state index contributed by atoms with van der Waals surface area (Å²) in [6.07, 6.45) is 0.0693. The van der Waals surface area contributed by atoms with E-state index in [2.05, 4.69) is 26.7 Å². The van der Waals surface area contributed by atoms with E-state index in [1.165, 1.54) is 0 Å². The van der Waals surface area contributed by atoms with Gasteiger partial charge in [-0.2, -0.15) is 5.26 Å². The van der Waals surface area contributed by atoms with Crippen LogP contribution in [0.3, 0.4) is 0 Å². The van der Waals surface area contributed by atoms with E-state index in [9.17, 15) is 5.26 Å². The molecule has 136 valence electrons. The summed E-state index contributed by atoms with van der Waals surface area (Å²) in [4.78, 5) is 8.86. The van der Waals surface area contributed by atoms with Gasteiger partial charge in [0.25, 0.3) is 0 Å². The van der Waals surface area contributed by atoms with Crippen LogP contribution in [0, 0.1) is 18.3 Å². The Bertz CT molecular complexity index is 978. The Hall–Kier alpha value is -3.59. The van der Waals surface area contributed by atoms with E-state index in [0.29, 0.717) is 28.7 Å². The van der Waals surface area contributed by atoms with Crippen molar-refractivity contribution >= 4 is 23.0 Å². The van der Waals surface area contributed by atoms with Crippen molar-refractivity contribution in [2.24, 2.45) is 0 Å². The molecule has 0 spiro atoms. The van der Waals surface area contributed by atoms with Gasteiger partial charge < -0.3 is 15.4 Å². The minimum atomic E-state index is 0.0693. The van der Waals surface area contributed by atoms with Crippen LogP contribution in [-0.4, -0.2) is 16.1 Å². The van der Waals surface area contributed by atoms with Crippen LogP contribution >= 0.6 is 0 Å². The van der Waals surface area contributed by atoms with Gasteiger partial charge in [-0.15, -0.1) is 0 Å². The highest BCUT2D eigenvalue weighted by molar-refractivity contribution is 5.69. The molecule has 0 atom stereocenters. The number of nitrogens with zero attached hydrogens (tertiary/aromatic N) is 3. The zero-order valence-corrected chi connectivity index (χ0v) is 15.5. The Morgan fingerprint density at radius 1 is 0.926 bits per heavy atom. The first-order valence-corrected chi connectivity index (χ1v) is 8.69. The first kappa shape index (κ1) is 18.2. The van der Waals surface area contributed by atoms with Crippen molar-refractivity contribution in [2.45, 2.75) is 26.9 Å². The summed E-state index contributed by atoms with van der Waals surface area (Å²) in [5.74, 6) is 2.61. The third kappa shape index (κ3) is 4.73. The van der Waals surface area contributed by atoms with E-state index < -0.39 is 0 Å². The van der Waals surface area contributed by atoms with Gasteiger partial charge in [0.1, 0.15) is 29.3 Å². The van der Waals surface area contributed by atoms with E-state index in [1.54, 1.807) is 12.1 Å². The van der Waals surface area contributed by atoms with Crippen molar-refractivity contribution in [3.05, 3.63) is 66.0 Å². The number of hydrogen-bond donors (Lipinski definition) is 2. The molecule has 0 aliphatic heterocycles. The van der Waals surface area contributed by atoms with Gasteiger partial charge >= 0.3 is 0 Å². The molecule has 2 N–H and O–H groups in total. The molecule has 1 aromatic heterocycles. The third-order valence-electron chi connectivity index (χ3n) is 3.66. The summed E-state index contributed by atoms with van der Waals surface area (Å²) < 4.78 is 5.85. The van der Waals surface area contributed by atoms with E-state index >= 15 is 0 Å². The molecule has 0 fully saturated rings. The Labute approximate surface area is 158 Å². The maximum Gasteiger partial charge on any atom is 0.143 e. The highest BCUT2D eigenvalue weighted by Crippen LogP contribution is 2.29. The summed E-state index contributed by atoms with van der Waals surface area (Å²) in [5, 5.41) is 15.7. The van der Waals surface area contributed by atoms with Crippen molar-refractivity contribution in [1.82, 2.24) is 9.97 Å². The number of ether oxygens (including phenoxy) is 1. The van der Waals surface area contributed by atoms with Crippen LogP contribution in [0.1, 0.15) is 25.2 Å². The highest BCUT2D eigenvalue weighted by Gasteiger charge is 2.09. The first-order chi connectivity index (χ1) is 13.0. The van der Waals surface area contributed by atoms with Gasteiger partial charge in [0.15, 0.2) is 0 Å². The van der Waals surface area contributed by atoms with E-state index in [-0.39, 0.29) is 6.10 Å². The fourth-order valence-corrected chi connectivity index (χ4v) is 2.59. The maximum absolute atomic E-state index is 9.25. The summed E-state index contributed by atoms with van der Waals surface area (Å²) in [7, 11) is 0. The second-order valence-corrected chi connectivity index (χ2v) is 6.26. The zero-order chi connectivity index (χ0) is 19.2. The third-order valence-corrected chi connectivity index (χ3v) is 3.66. The van der Waals surface area contributed by atoms with Crippen LogP contribution in [0.15, 0.2) is 54.6 Å². The van der Waals surface area contributed by atoms with Gasteiger partial charge in [-0.05, 0) is 45.0 Å². The lowest BCUT2D eigenvalue weighted by atomic mass is 10.2. The Balaban J connectivity index is 1.88. The van der Waals surface area contributed by atoms with Gasteiger partial charge in [0.2, 0.25) is 0 Å². The minimum absolute atomic E-state index is 0.0693. The molecule has 0 amide bonds. The topological polar surface area (TPSA) is 82.9 Å². The van der Waals surface area contributed by atoms with Crippen LogP contribution in [0.25, 0.3) is 0 Å². The predicted molar refractivity (Wildman–Crippen MR) is 107 cm³/mol. The van der Waals surface area contributed by atoms with E-state index in [1.807, 2.05) is 63.2 Å². The van der Waals surface area contributed by atoms with Crippen LogP contribution < -0.4 is 15.4 Å². The maximum atomic E-state index is 9.25. The molecule has 0 saturated carbocycles. The number of benzene rings is 2. The monoisotopic (exact) mass is 359 g/mol. The highest BCUT2D eigenvalue weighted by atomic mass is 16.5. The largest absolute Gasteiger partial charge is 0.489 e. The summed E-state index contributed by atoms with van der Waals surface area (Å²) in [6.45, 7) is 5.80. The number of para-hydroxylation sites is 3. The lowest BCUT2D eigenvalue weighted by Crippen LogP contribution is -2.08. The minimum Gasteiger partial charge on any atom is -0.489 e. The van der Waals surface area contributed by atoms with Gasteiger partial charge in [-0.3, -0.25) is 0 Å². The molecule has 0 aliphatic rings. The van der Waals surface area contributed by atoms with Gasteiger partial charge in [-0.25, -0.2) is 9.97 Å². The zero-order valence-electron chi connectivity index (χ0n) is 15.5. The molecule has 6 heteroatoms. The molecule has 2 aromatic carbocycles. The molecule has 27 heavy (non-hydrogen) atoms. The van der Waals surface area contributed by atoms with Crippen molar-refractivity contribution in [3.63, 3.8) is 0 Å². The summed E-state index contributed by atoms with van der Waals surface area (Å²) in [5.41, 5.74) is 2.08. The van der Waals surface area contributed by atoms with Crippen LogP contribution in [0.4, 0.5) is 23.0 Å². The van der Waals surface area contributed by atoms with Crippen LogP contribution in [0.5, 0.6) is 5.75 Å². The number of anilines is 4. The molecule has 0 bridgehead atoms. The number of rotatable bonds is 6. The Morgan fingerprint density at radius 2 is 1.52 bits per heavy atom. The molecule has 6 nitrogen and oxygen atoms in total. The molecular formula is C21H21N5O. The Morgan fingerprint density at radius 3 is 2.19 bits per heavy atom. The molecule has 3 rings (SSSR count). The molecular weight excluding hydrogens is 338 g/mol. The average molecular weight is 359 g/mol. The quantitative estimate of drug-likeness (QED) is 0.649. The second kappa shape index (κ2) is 8.19. The number of nitrogens with one attached hydrogen (secondary N) is 2. The molecule has 0 unspecified atom stereocenters. The molecule has 1 heterocycles. The van der Waals surface area contributed by atoms with Crippen LogP contribution in [0.2, 0.25) is 0 Å². The second-order valence-electron chi connectivity index (χ2n) is 6.26. The lowest BCUT2D eigenvalue weighted by Gasteiger charge is -2.16. The van der Waals surface area contributed by atoms with E-state index in [0.717, 1.165) is 11.4 Å². The van der Waals surface area contributed by atoms with Crippen molar-refractivity contribution in [1.29, 1.82) is 5.26 Å². The standard InChI is InChI=1S/C21H21N5O/c1-14(2)27-19-11-7-6-10-18(19)26-21-12-20(23-15(3)24-21)25-17-9-5-4-8-16(17)13-22/h4-12,14H,1-3H3,(H2,23,24,25,26). The molecule has 0 radical (unpaired) electrons.